The SMILES string of the molecule is CCN(CC)CCOc1ccc(-c2cc(C(=O)NC3CCCN(OC(=O)OC(C)(C)C)C3)c(NC(=O)Nc3cnccn3)s2)cc1. The molecule has 1 aromatic carbocycles. The average Bonchev–Trinajstić information content (AvgIpc) is 3.43. The molecule has 0 radical (unpaired) electrons. The number of thiophene rings is 1. The van der Waals surface area contributed by atoms with E-state index in [1.54, 1.807) is 26.8 Å². The number of ether oxygens (including phenoxy) is 2. The Kier molecular flexibility index (Phi) is 12.3. The molecule has 4 rings (SSSR count). The van der Waals surface area contributed by atoms with E-state index in [4.69, 9.17) is 14.3 Å². The van der Waals surface area contributed by atoms with Crippen molar-refractivity contribution in [1.29, 1.82) is 0 Å². The summed E-state index contributed by atoms with van der Waals surface area (Å²) in [6.45, 7) is 13.7. The average molecular weight is 654 g/mol. The van der Waals surface area contributed by atoms with Crippen molar-refractivity contribution in [1.82, 2.24) is 25.2 Å². The zero-order valence-electron chi connectivity index (χ0n) is 27.0. The van der Waals surface area contributed by atoms with E-state index < -0.39 is 17.8 Å². The zero-order valence-corrected chi connectivity index (χ0v) is 27.8. The second-order valence-electron chi connectivity index (χ2n) is 11.7. The largest absolute Gasteiger partial charge is 0.528 e. The predicted octanol–water partition coefficient (Wildman–Crippen LogP) is 5.63. The first-order valence-corrected chi connectivity index (χ1v) is 16.2. The van der Waals surface area contributed by atoms with Crippen LogP contribution in [0.3, 0.4) is 0 Å². The number of piperidine rings is 1. The molecule has 13 nitrogen and oxygen atoms in total. The van der Waals surface area contributed by atoms with Crippen molar-refractivity contribution in [2.75, 3.05) is 50.0 Å². The molecule has 46 heavy (non-hydrogen) atoms. The molecule has 1 atom stereocenters. The van der Waals surface area contributed by atoms with E-state index in [9.17, 15) is 14.4 Å². The molecule has 14 heteroatoms. The molecule has 3 amide bonds. The van der Waals surface area contributed by atoms with Gasteiger partial charge < -0.3 is 24.5 Å². The fourth-order valence-corrected chi connectivity index (χ4v) is 5.79. The summed E-state index contributed by atoms with van der Waals surface area (Å²) in [6, 6.07) is 8.55. The normalized spacial score (nSPS) is 15.2. The van der Waals surface area contributed by atoms with Gasteiger partial charge >= 0.3 is 12.2 Å². The third-order valence-electron chi connectivity index (χ3n) is 7.03. The number of nitrogens with one attached hydrogen (secondary N) is 3. The monoisotopic (exact) mass is 653 g/mol. The Morgan fingerprint density at radius 2 is 1.85 bits per heavy atom. The maximum absolute atomic E-state index is 13.6. The van der Waals surface area contributed by atoms with E-state index in [0.717, 1.165) is 35.8 Å². The van der Waals surface area contributed by atoms with Crippen molar-refractivity contribution in [3.63, 3.8) is 0 Å². The molecule has 1 aliphatic heterocycles. The number of hydrogen-bond acceptors (Lipinski definition) is 11. The molecule has 0 bridgehead atoms. The number of carbonyl (C=O) groups excluding carboxylic acids is 3. The number of urea groups is 1. The summed E-state index contributed by atoms with van der Waals surface area (Å²) in [6.07, 6.45) is 5.01. The van der Waals surface area contributed by atoms with Gasteiger partial charge in [0.05, 0.1) is 18.3 Å². The van der Waals surface area contributed by atoms with Gasteiger partial charge in [0, 0.05) is 36.4 Å². The first kappa shape index (κ1) is 34.6. The van der Waals surface area contributed by atoms with Crippen LogP contribution in [0.1, 0.15) is 57.8 Å². The third kappa shape index (κ3) is 10.7. The number of hydroxylamine groups is 2. The molecule has 1 saturated heterocycles. The van der Waals surface area contributed by atoms with Crippen molar-refractivity contribution in [2.24, 2.45) is 0 Å². The van der Waals surface area contributed by atoms with Crippen LogP contribution in [0.2, 0.25) is 0 Å². The number of nitrogens with zero attached hydrogens (tertiary/aromatic N) is 4. The van der Waals surface area contributed by atoms with E-state index in [2.05, 4.69) is 44.7 Å². The number of aromatic nitrogens is 2. The van der Waals surface area contributed by atoms with Crippen LogP contribution < -0.4 is 20.7 Å². The van der Waals surface area contributed by atoms with Gasteiger partial charge in [0.25, 0.3) is 5.91 Å². The maximum Gasteiger partial charge on any atom is 0.528 e. The highest BCUT2D eigenvalue weighted by atomic mass is 32.1. The lowest BCUT2D eigenvalue weighted by Gasteiger charge is -2.32. The number of amides is 3. The summed E-state index contributed by atoms with van der Waals surface area (Å²) in [5.41, 5.74) is 0.490. The summed E-state index contributed by atoms with van der Waals surface area (Å²) in [5, 5.41) is 10.3. The van der Waals surface area contributed by atoms with Crippen molar-refractivity contribution in [2.45, 2.75) is 59.1 Å². The molecular weight excluding hydrogens is 610 g/mol. The zero-order chi connectivity index (χ0) is 33.1. The molecule has 3 N–H and O–H groups in total. The van der Waals surface area contributed by atoms with Gasteiger partial charge in [-0.1, -0.05) is 13.8 Å². The van der Waals surface area contributed by atoms with E-state index >= 15 is 0 Å². The topological polar surface area (TPSA) is 147 Å². The minimum absolute atomic E-state index is 0.270. The Bertz CT molecular complexity index is 1440. The minimum atomic E-state index is -0.789. The van der Waals surface area contributed by atoms with Crippen molar-refractivity contribution in [3.05, 3.63) is 54.5 Å². The smallest absolute Gasteiger partial charge is 0.492 e. The fourth-order valence-electron chi connectivity index (χ4n) is 4.74. The standard InChI is InChI=1S/C32H43N7O6S/c1-6-38(7-2)17-18-43-24-12-10-22(11-13-24)26-19-25(29(46-26)37-30(41)36-27-20-33-14-15-34-27)28(40)35-23-9-8-16-39(21-23)45-31(42)44-32(3,4)5/h10-15,19-20,23H,6-9,16-18,21H2,1-5H3,(H,35,40)(H2,34,36,37,41). The number of hydrogen-bond donors (Lipinski definition) is 3. The third-order valence-corrected chi connectivity index (χ3v) is 8.13. The van der Waals surface area contributed by atoms with Gasteiger partial charge in [-0.3, -0.25) is 20.4 Å². The molecule has 0 aliphatic carbocycles. The van der Waals surface area contributed by atoms with Gasteiger partial charge in [0.15, 0.2) is 5.82 Å². The first-order valence-electron chi connectivity index (χ1n) is 15.4. The summed E-state index contributed by atoms with van der Waals surface area (Å²) in [5.74, 6) is 0.659. The lowest BCUT2D eigenvalue weighted by Crippen LogP contribution is -2.48. The molecule has 2 aromatic heterocycles. The van der Waals surface area contributed by atoms with Crippen LogP contribution in [0.15, 0.2) is 48.9 Å². The van der Waals surface area contributed by atoms with Crippen LogP contribution in [0.25, 0.3) is 10.4 Å². The summed E-state index contributed by atoms with van der Waals surface area (Å²) in [7, 11) is 0. The Morgan fingerprint density at radius 3 is 2.52 bits per heavy atom. The number of rotatable bonds is 12. The predicted molar refractivity (Wildman–Crippen MR) is 177 cm³/mol. The van der Waals surface area contributed by atoms with Gasteiger partial charge in [-0.15, -0.1) is 16.4 Å². The lowest BCUT2D eigenvalue weighted by atomic mass is 10.1. The number of benzene rings is 1. The molecule has 1 fully saturated rings. The van der Waals surface area contributed by atoms with Gasteiger partial charge in [-0.2, -0.15) is 0 Å². The van der Waals surface area contributed by atoms with E-state index in [0.29, 0.717) is 43.1 Å². The Balaban J connectivity index is 1.47. The molecule has 248 valence electrons. The number of carbonyl (C=O) groups is 3. The second-order valence-corrected chi connectivity index (χ2v) is 12.7. The van der Waals surface area contributed by atoms with Gasteiger partial charge in [-0.25, -0.2) is 14.6 Å². The van der Waals surface area contributed by atoms with Crippen LogP contribution >= 0.6 is 11.3 Å². The van der Waals surface area contributed by atoms with Gasteiger partial charge in [0.2, 0.25) is 0 Å². The van der Waals surface area contributed by atoms with Gasteiger partial charge in [-0.05, 0) is 82.6 Å². The highest BCUT2D eigenvalue weighted by Crippen LogP contribution is 2.36. The van der Waals surface area contributed by atoms with Crippen LogP contribution in [-0.2, 0) is 9.57 Å². The number of anilines is 2. The highest BCUT2D eigenvalue weighted by molar-refractivity contribution is 7.20. The Hall–Kier alpha value is -4.27. The summed E-state index contributed by atoms with van der Waals surface area (Å²) in [4.78, 5) is 55.2. The second kappa shape index (κ2) is 16.3. The van der Waals surface area contributed by atoms with Crippen LogP contribution in [0.5, 0.6) is 5.75 Å². The molecule has 0 saturated carbocycles. The molecule has 1 aliphatic rings. The van der Waals surface area contributed by atoms with Crippen LogP contribution in [0, 0.1) is 0 Å². The molecule has 1 unspecified atom stereocenters. The van der Waals surface area contributed by atoms with Crippen molar-refractivity contribution < 1.29 is 28.7 Å². The van der Waals surface area contributed by atoms with Gasteiger partial charge in [0.1, 0.15) is 23.0 Å². The van der Waals surface area contributed by atoms with Crippen molar-refractivity contribution >= 4 is 40.2 Å². The first-order chi connectivity index (χ1) is 22.0. The Morgan fingerprint density at radius 1 is 1.09 bits per heavy atom. The molecule has 0 spiro atoms. The quantitative estimate of drug-likeness (QED) is 0.210. The van der Waals surface area contributed by atoms with E-state index in [1.165, 1.54) is 35.0 Å². The van der Waals surface area contributed by atoms with Crippen molar-refractivity contribution in [3.8, 4) is 16.2 Å². The Labute approximate surface area is 273 Å². The minimum Gasteiger partial charge on any atom is -0.492 e. The summed E-state index contributed by atoms with van der Waals surface area (Å²) >= 11 is 1.28. The highest BCUT2D eigenvalue weighted by Gasteiger charge is 2.28. The lowest BCUT2D eigenvalue weighted by molar-refractivity contribution is -0.154. The maximum atomic E-state index is 13.6. The molecule has 3 heterocycles. The van der Waals surface area contributed by atoms with Crippen LogP contribution in [-0.4, -0.2) is 89.0 Å². The number of likely N-dealkylation sites (N-methyl/N-ethyl adjacent to an activating group) is 1. The van der Waals surface area contributed by atoms with E-state index in [1.807, 2.05) is 24.3 Å². The van der Waals surface area contributed by atoms with E-state index in [-0.39, 0.29) is 17.8 Å². The van der Waals surface area contributed by atoms with Crippen LogP contribution in [0.4, 0.5) is 20.4 Å². The summed E-state index contributed by atoms with van der Waals surface area (Å²) < 4.78 is 11.2. The molecule has 3 aromatic rings. The molecular formula is C32H43N7O6S. The fraction of sp³-hybridized carbons (Fsp3) is 0.469.